The van der Waals surface area contributed by atoms with Crippen LogP contribution < -0.4 is 0 Å². The monoisotopic (exact) mass is 292 g/mol. The third kappa shape index (κ3) is 2.85. The summed E-state index contributed by atoms with van der Waals surface area (Å²) in [5.74, 6) is 0.0788. The molecule has 1 atom stereocenters. The number of nitrogens with one attached hydrogen (secondary N) is 1. The number of hydrogen-bond acceptors (Lipinski definition) is 3. The van der Waals surface area contributed by atoms with Crippen LogP contribution in [0.25, 0.3) is 0 Å². The number of aryl methyl sites for hydroxylation is 1. The van der Waals surface area contributed by atoms with Crippen molar-refractivity contribution < 1.29 is 14.3 Å². The second kappa shape index (κ2) is 5.14. The molecule has 3 heterocycles. The first-order valence-electron chi connectivity index (χ1n) is 7.62. The van der Waals surface area contributed by atoms with Gasteiger partial charge >= 0.3 is 0 Å². The van der Waals surface area contributed by atoms with Gasteiger partial charge in [0.2, 0.25) is 0 Å². The molecule has 0 radical (unpaired) electrons. The van der Waals surface area contributed by atoms with Gasteiger partial charge in [0, 0.05) is 25.0 Å². The highest BCUT2D eigenvalue weighted by atomic mass is 16.6. The molecule has 2 saturated heterocycles. The molecule has 0 bridgehead atoms. The zero-order valence-electron chi connectivity index (χ0n) is 13.1. The molecule has 5 heteroatoms. The van der Waals surface area contributed by atoms with Crippen LogP contribution in [0.5, 0.6) is 0 Å². The number of hydrogen-bond donors (Lipinski definition) is 1. The van der Waals surface area contributed by atoms with Gasteiger partial charge in [0.05, 0.1) is 24.3 Å². The predicted molar refractivity (Wildman–Crippen MR) is 79.4 cm³/mol. The molecule has 0 aliphatic carbocycles. The quantitative estimate of drug-likeness (QED) is 0.862. The molecule has 1 aromatic rings. The van der Waals surface area contributed by atoms with Crippen LogP contribution >= 0.6 is 0 Å². The van der Waals surface area contributed by atoms with E-state index >= 15 is 0 Å². The number of rotatable bonds is 1. The molecule has 2 fully saturated rings. The Labute approximate surface area is 125 Å². The summed E-state index contributed by atoms with van der Waals surface area (Å²) in [6, 6.07) is 1.85. The number of carbonyl (C=O) groups excluding carboxylic acids is 1. The van der Waals surface area contributed by atoms with E-state index in [9.17, 15) is 4.79 Å². The normalized spacial score (nSPS) is 28.8. The summed E-state index contributed by atoms with van der Waals surface area (Å²) in [5.41, 5.74) is 0.969. The first-order valence-corrected chi connectivity index (χ1v) is 7.62. The van der Waals surface area contributed by atoms with Gasteiger partial charge in [0.15, 0.2) is 0 Å². The van der Waals surface area contributed by atoms with Gasteiger partial charge in [-0.15, -0.1) is 0 Å². The smallest absolute Gasteiger partial charge is 0.255 e. The zero-order chi connectivity index (χ0) is 15.1. The molecule has 0 saturated carbocycles. The van der Waals surface area contributed by atoms with E-state index in [2.05, 4.69) is 4.98 Å². The van der Waals surface area contributed by atoms with E-state index in [0.717, 1.165) is 30.7 Å². The average molecular weight is 292 g/mol. The molecule has 1 aromatic heterocycles. The van der Waals surface area contributed by atoms with Gasteiger partial charge < -0.3 is 19.4 Å². The van der Waals surface area contributed by atoms with Crippen molar-refractivity contribution in [2.24, 2.45) is 0 Å². The molecule has 116 valence electrons. The van der Waals surface area contributed by atoms with Crippen molar-refractivity contribution in [1.29, 1.82) is 0 Å². The third-order valence-electron chi connectivity index (χ3n) is 4.30. The third-order valence-corrected chi connectivity index (χ3v) is 4.30. The van der Waals surface area contributed by atoms with E-state index in [1.54, 1.807) is 0 Å². The molecule has 1 spiro atoms. The van der Waals surface area contributed by atoms with Gasteiger partial charge in [-0.1, -0.05) is 0 Å². The van der Waals surface area contributed by atoms with Gasteiger partial charge in [0.25, 0.3) is 5.91 Å². The number of nitrogens with zero attached hydrogens (tertiary/aromatic N) is 1. The summed E-state index contributed by atoms with van der Waals surface area (Å²) in [5, 5.41) is 0. The second-order valence-electron chi connectivity index (χ2n) is 6.88. The molecule has 1 amide bonds. The molecule has 0 unspecified atom stereocenters. The molecule has 1 N–H and O–H groups in total. The van der Waals surface area contributed by atoms with E-state index in [1.165, 1.54) is 0 Å². The summed E-state index contributed by atoms with van der Waals surface area (Å²) < 4.78 is 11.9. The van der Waals surface area contributed by atoms with Gasteiger partial charge in [-0.25, -0.2) is 0 Å². The first kappa shape index (κ1) is 14.6. The van der Waals surface area contributed by atoms with Crippen molar-refractivity contribution >= 4 is 5.91 Å². The Morgan fingerprint density at radius 2 is 2.19 bits per heavy atom. The summed E-state index contributed by atoms with van der Waals surface area (Å²) >= 11 is 0. The van der Waals surface area contributed by atoms with Gasteiger partial charge in [0.1, 0.15) is 5.60 Å². The van der Waals surface area contributed by atoms with E-state index < -0.39 is 0 Å². The maximum Gasteiger partial charge on any atom is 0.255 e. The fraction of sp³-hybridized carbons (Fsp3) is 0.688. The maximum atomic E-state index is 12.8. The van der Waals surface area contributed by atoms with Crippen LogP contribution in [0.4, 0.5) is 0 Å². The van der Waals surface area contributed by atoms with E-state index in [4.69, 9.17) is 9.47 Å². The van der Waals surface area contributed by atoms with Crippen LogP contribution in [0.15, 0.2) is 12.3 Å². The van der Waals surface area contributed by atoms with Crippen molar-refractivity contribution in [2.75, 3.05) is 26.3 Å². The lowest BCUT2D eigenvalue weighted by atomic mass is 9.90. The minimum Gasteiger partial charge on any atom is -0.378 e. The van der Waals surface area contributed by atoms with Crippen LogP contribution in [0.3, 0.4) is 0 Å². The summed E-state index contributed by atoms with van der Waals surface area (Å²) in [7, 11) is 0. The fourth-order valence-electron chi connectivity index (χ4n) is 3.54. The Morgan fingerprint density at radius 3 is 2.81 bits per heavy atom. The first-order chi connectivity index (χ1) is 9.91. The molecular formula is C16H24N2O3. The molecule has 2 aliphatic heterocycles. The van der Waals surface area contributed by atoms with Gasteiger partial charge in [-0.3, -0.25) is 4.79 Å². The highest BCUT2D eigenvalue weighted by Gasteiger charge is 2.47. The number of ether oxygens (including phenoxy) is 2. The molecule has 5 nitrogen and oxygen atoms in total. The number of aromatic amines is 1. The van der Waals surface area contributed by atoms with E-state index in [1.807, 2.05) is 37.9 Å². The number of aromatic nitrogens is 1. The molecular weight excluding hydrogens is 268 g/mol. The minimum absolute atomic E-state index is 0.0788. The lowest BCUT2D eigenvalue weighted by molar-refractivity contribution is -0.225. The van der Waals surface area contributed by atoms with Crippen molar-refractivity contribution in [3.8, 4) is 0 Å². The summed E-state index contributed by atoms with van der Waals surface area (Å²) in [6.45, 7) is 8.61. The Balaban J connectivity index is 1.85. The Morgan fingerprint density at radius 1 is 1.38 bits per heavy atom. The standard InChI is InChI=1S/C16H24N2O3/c1-12-13(5-7-17-12)14(19)18-9-15(2,3)21-16(10-18)6-4-8-20-11-16/h5,7,17H,4,6,8-11H2,1-3H3/t16-/m1/s1. The van der Waals surface area contributed by atoms with Crippen molar-refractivity contribution in [2.45, 2.75) is 44.8 Å². The SMILES string of the molecule is Cc1[nH]ccc1C(=O)N1CC(C)(C)O[C@]2(CCCOC2)C1. The highest BCUT2D eigenvalue weighted by molar-refractivity contribution is 5.95. The van der Waals surface area contributed by atoms with Gasteiger partial charge in [-0.05, 0) is 39.7 Å². The van der Waals surface area contributed by atoms with Gasteiger partial charge in [-0.2, -0.15) is 0 Å². The van der Waals surface area contributed by atoms with Crippen LogP contribution in [-0.4, -0.2) is 53.3 Å². The topological polar surface area (TPSA) is 54.6 Å². The lowest BCUT2D eigenvalue weighted by Crippen LogP contribution is -2.63. The van der Waals surface area contributed by atoms with E-state index in [-0.39, 0.29) is 17.1 Å². The minimum atomic E-state index is -0.348. The Bertz CT molecular complexity index is 529. The average Bonchev–Trinajstić information content (AvgIpc) is 2.83. The zero-order valence-corrected chi connectivity index (χ0v) is 13.1. The molecule has 21 heavy (non-hydrogen) atoms. The summed E-state index contributed by atoms with van der Waals surface area (Å²) in [4.78, 5) is 17.8. The van der Waals surface area contributed by atoms with Crippen LogP contribution in [0, 0.1) is 6.92 Å². The Kier molecular flexibility index (Phi) is 3.58. The predicted octanol–water partition coefficient (Wildman–Crippen LogP) is 2.12. The number of morpholine rings is 1. The molecule has 2 aliphatic rings. The molecule has 0 aromatic carbocycles. The second-order valence-corrected chi connectivity index (χ2v) is 6.88. The van der Waals surface area contributed by atoms with Crippen LogP contribution in [0.1, 0.15) is 42.7 Å². The summed E-state index contributed by atoms with van der Waals surface area (Å²) in [6.07, 6.45) is 3.75. The van der Waals surface area contributed by atoms with Crippen LogP contribution in [0.2, 0.25) is 0 Å². The molecule has 3 rings (SSSR count). The highest BCUT2D eigenvalue weighted by Crippen LogP contribution is 2.35. The Hall–Kier alpha value is -1.33. The van der Waals surface area contributed by atoms with Crippen molar-refractivity contribution in [3.05, 3.63) is 23.5 Å². The van der Waals surface area contributed by atoms with Crippen molar-refractivity contribution in [3.63, 3.8) is 0 Å². The lowest BCUT2D eigenvalue weighted by Gasteiger charge is -2.51. The number of amides is 1. The number of H-pyrrole nitrogens is 1. The van der Waals surface area contributed by atoms with Crippen molar-refractivity contribution in [1.82, 2.24) is 9.88 Å². The van der Waals surface area contributed by atoms with Crippen LogP contribution in [-0.2, 0) is 9.47 Å². The maximum absolute atomic E-state index is 12.8. The largest absolute Gasteiger partial charge is 0.378 e. The number of carbonyl (C=O) groups is 1. The fourth-order valence-corrected chi connectivity index (χ4v) is 3.54. The van der Waals surface area contributed by atoms with E-state index in [0.29, 0.717) is 19.7 Å².